The topological polar surface area (TPSA) is 54.2 Å². The molecule has 0 aliphatic heterocycles. The predicted octanol–water partition coefficient (Wildman–Crippen LogP) is 3.90. The molecule has 1 aromatic carbocycles. The number of hydrogen-bond acceptors (Lipinski definition) is 2. The van der Waals surface area contributed by atoms with Gasteiger partial charge in [0.2, 0.25) is 0 Å². The van der Waals surface area contributed by atoms with Crippen molar-refractivity contribution in [2.24, 2.45) is 10.9 Å². The van der Waals surface area contributed by atoms with Crippen molar-refractivity contribution in [1.29, 1.82) is 0 Å². The number of nitrogens with one attached hydrogen (secondary N) is 2. The molecule has 1 atom stereocenters. The fourth-order valence-electron chi connectivity index (χ4n) is 3.01. The zero-order valence-electron chi connectivity index (χ0n) is 17.4. The van der Waals surface area contributed by atoms with Gasteiger partial charge < -0.3 is 10.6 Å². The Labute approximate surface area is 181 Å². The lowest BCUT2D eigenvalue weighted by molar-refractivity contribution is 0.434. The molecule has 1 heterocycles. The van der Waals surface area contributed by atoms with Crippen molar-refractivity contribution in [2.75, 3.05) is 20.1 Å². The number of aromatic nitrogens is 2. The van der Waals surface area contributed by atoms with Crippen LogP contribution in [0.5, 0.6) is 0 Å². The normalized spacial score (nSPS) is 13.0. The summed E-state index contributed by atoms with van der Waals surface area (Å²) in [4.78, 5) is 4.36. The van der Waals surface area contributed by atoms with Gasteiger partial charge in [-0.3, -0.25) is 9.67 Å². The van der Waals surface area contributed by atoms with Crippen LogP contribution in [0.2, 0.25) is 0 Å². The molecule has 2 rings (SSSR count). The molecule has 2 N–H and O–H groups in total. The summed E-state index contributed by atoms with van der Waals surface area (Å²) in [6.45, 7) is 13.4. The van der Waals surface area contributed by atoms with Crippen LogP contribution >= 0.6 is 24.0 Å². The van der Waals surface area contributed by atoms with Gasteiger partial charge in [0.05, 0.1) is 5.69 Å². The maximum absolute atomic E-state index is 4.54. The molecule has 2 aromatic rings. The van der Waals surface area contributed by atoms with Crippen molar-refractivity contribution in [1.82, 2.24) is 20.4 Å². The molecule has 27 heavy (non-hydrogen) atoms. The van der Waals surface area contributed by atoms with Gasteiger partial charge in [-0.05, 0) is 31.4 Å². The number of hydrogen-bond donors (Lipinski definition) is 2. The molecule has 0 aliphatic carbocycles. The molecule has 1 unspecified atom stereocenters. The van der Waals surface area contributed by atoms with Gasteiger partial charge in [0, 0.05) is 37.8 Å². The molecule has 0 saturated carbocycles. The third-order valence-electron chi connectivity index (χ3n) is 4.68. The summed E-state index contributed by atoms with van der Waals surface area (Å²) in [5.74, 6) is 1.29. The maximum Gasteiger partial charge on any atom is 0.191 e. The Morgan fingerprint density at radius 1 is 1.19 bits per heavy atom. The van der Waals surface area contributed by atoms with Crippen molar-refractivity contribution in [3.05, 3.63) is 53.3 Å². The number of benzene rings is 1. The molecule has 150 valence electrons. The summed E-state index contributed by atoms with van der Waals surface area (Å²) in [5.41, 5.74) is 3.64. The standard InChI is InChI=1S/C21H33N5.HI/c1-16(14-26-18(3)12-17(2)25-26)13-23-20(22-6)24-15-21(4,5)19-10-8-7-9-11-19;/h7-12,16H,13-15H2,1-6H3,(H2,22,23,24);1H. The average molecular weight is 483 g/mol. The Bertz CT molecular complexity index is 721. The molecular weight excluding hydrogens is 449 g/mol. The number of aryl methyl sites for hydroxylation is 2. The first kappa shape index (κ1) is 23.5. The molecule has 1 aromatic heterocycles. The minimum atomic E-state index is 0. The van der Waals surface area contributed by atoms with E-state index in [2.05, 4.69) is 89.5 Å². The molecule has 6 heteroatoms. The van der Waals surface area contributed by atoms with Crippen molar-refractivity contribution >= 4 is 29.9 Å². The van der Waals surface area contributed by atoms with Gasteiger partial charge in [-0.1, -0.05) is 51.1 Å². The second kappa shape index (κ2) is 10.7. The summed E-state index contributed by atoms with van der Waals surface area (Å²) in [6.07, 6.45) is 0. The van der Waals surface area contributed by atoms with Crippen molar-refractivity contribution in [2.45, 2.75) is 46.6 Å². The zero-order chi connectivity index (χ0) is 19.2. The lowest BCUT2D eigenvalue weighted by atomic mass is 9.85. The van der Waals surface area contributed by atoms with E-state index in [0.717, 1.165) is 31.3 Å². The van der Waals surface area contributed by atoms with Crippen LogP contribution in [-0.2, 0) is 12.0 Å². The van der Waals surface area contributed by atoms with E-state index in [0.29, 0.717) is 5.92 Å². The number of guanidine groups is 1. The lowest BCUT2D eigenvalue weighted by Gasteiger charge is -2.27. The Kier molecular flexibility index (Phi) is 9.29. The van der Waals surface area contributed by atoms with E-state index in [1.807, 2.05) is 14.0 Å². The van der Waals surface area contributed by atoms with E-state index < -0.39 is 0 Å². The van der Waals surface area contributed by atoms with Crippen LogP contribution in [-0.4, -0.2) is 35.9 Å². The van der Waals surface area contributed by atoms with Crippen LogP contribution in [0, 0.1) is 19.8 Å². The van der Waals surface area contributed by atoms with Gasteiger partial charge in [-0.2, -0.15) is 5.10 Å². The van der Waals surface area contributed by atoms with E-state index in [9.17, 15) is 0 Å². The van der Waals surface area contributed by atoms with E-state index >= 15 is 0 Å². The third kappa shape index (κ3) is 7.16. The lowest BCUT2D eigenvalue weighted by Crippen LogP contribution is -2.44. The van der Waals surface area contributed by atoms with Gasteiger partial charge in [0.25, 0.3) is 0 Å². The number of aliphatic imine (C=N–C) groups is 1. The molecule has 0 aliphatic rings. The van der Waals surface area contributed by atoms with E-state index in [4.69, 9.17) is 0 Å². The summed E-state index contributed by atoms with van der Waals surface area (Å²) in [7, 11) is 1.82. The van der Waals surface area contributed by atoms with Crippen LogP contribution in [0.3, 0.4) is 0 Å². The molecule has 0 spiro atoms. The number of nitrogens with zero attached hydrogens (tertiary/aromatic N) is 3. The molecule has 5 nitrogen and oxygen atoms in total. The van der Waals surface area contributed by atoms with E-state index in [1.54, 1.807) is 0 Å². The van der Waals surface area contributed by atoms with Crippen molar-refractivity contribution in [3.63, 3.8) is 0 Å². The van der Waals surface area contributed by atoms with Crippen LogP contribution < -0.4 is 10.6 Å². The molecule has 0 fully saturated rings. The Balaban J connectivity index is 0.00000364. The Hall–Kier alpha value is -1.57. The van der Waals surface area contributed by atoms with Crippen LogP contribution in [0.25, 0.3) is 0 Å². The fourth-order valence-corrected chi connectivity index (χ4v) is 3.01. The van der Waals surface area contributed by atoms with Gasteiger partial charge >= 0.3 is 0 Å². The van der Waals surface area contributed by atoms with Gasteiger partial charge in [0.15, 0.2) is 5.96 Å². The first-order valence-corrected chi connectivity index (χ1v) is 9.33. The first-order valence-electron chi connectivity index (χ1n) is 9.33. The van der Waals surface area contributed by atoms with E-state index in [1.165, 1.54) is 11.3 Å². The van der Waals surface area contributed by atoms with Gasteiger partial charge in [-0.15, -0.1) is 24.0 Å². The highest BCUT2D eigenvalue weighted by molar-refractivity contribution is 14.0. The number of halogens is 1. The summed E-state index contributed by atoms with van der Waals surface area (Å²) in [6, 6.07) is 12.7. The van der Waals surface area contributed by atoms with E-state index in [-0.39, 0.29) is 29.4 Å². The molecule has 0 saturated heterocycles. The van der Waals surface area contributed by atoms with Gasteiger partial charge in [-0.25, -0.2) is 0 Å². The fraction of sp³-hybridized carbons (Fsp3) is 0.524. The van der Waals surface area contributed by atoms with Crippen molar-refractivity contribution < 1.29 is 0 Å². The van der Waals surface area contributed by atoms with Crippen LogP contribution in [0.1, 0.15) is 37.7 Å². The highest BCUT2D eigenvalue weighted by atomic mass is 127. The molecule has 0 radical (unpaired) electrons. The second-order valence-corrected chi connectivity index (χ2v) is 7.77. The highest BCUT2D eigenvalue weighted by Gasteiger charge is 2.20. The second-order valence-electron chi connectivity index (χ2n) is 7.77. The van der Waals surface area contributed by atoms with Crippen LogP contribution in [0.4, 0.5) is 0 Å². The minimum Gasteiger partial charge on any atom is -0.356 e. The van der Waals surface area contributed by atoms with Gasteiger partial charge in [0.1, 0.15) is 0 Å². The largest absolute Gasteiger partial charge is 0.356 e. The average Bonchev–Trinajstić information content (AvgIpc) is 2.93. The first-order chi connectivity index (χ1) is 12.3. The minimum absolute atomic E-state index is 0. The molecule has 0 bridgehead atoms. The summed E-state index contributed by atoms with van der Waals surface area (Å²) >= 11 is 0. The molecule has 0 amide bonds. The quantitative estimate of drug-likeness (QED) is 0.357. The molecular formula is C21H34IN5. The number of rotatable bonds is 7. The zero-order valence-corrected chi connectivity index (χ0v) is 19.7. The summed E-state index contributed by atoms with van der Waals surface area (Å²) in [5, 5.41) is 11.4. The maximum atomic E-state index is 4.54. The third-order valence-corrected chi connectivity index (χ3v) is 4.68. The summed E-state index contributed by atoms with van der Waals surface area (Å²) < 4.78 is 2.08. The predicted molar refractivity (Wildman–Crippen MR) is 125 cm³/mol. The highest BCUT2D eigenvalue weighted by Crippen LogP contribution is 2.21. The SMILES string of the molecule is CN=C(NCC(C)Cn1nc(C)cc1C)NCC(C)(C)c1ccccc1.I. The smallest absolute Gasteiger partial charge is 0.191 e. The Morgan fingerprint density at radius 3 is 2.41 bits per heavy atom. The Morgan fingerprint density at radius 2 is 1.85 bits per heavy atom. The monoisotopic (exact) mass is 483 g/mol. The van der Waals surface area contributed by atoms with Crippen molar-refractivity contribution in [3.8, 4) is 0 Å². The van der Waals surface area contributed by atoms with Crippen LogP contribution in [0.15, 0.2) is 41.4 Å².